The SMILES string of the molecule is CCCNC(=O)C1COCCN1Cc1cc(N)ccn1. The average molecular weight is 278 g/mol. The lowest BCUT2D eigenvalue weighted by atomic mass is 10.2. The van der Waals surface area contributed by atoms with Crippen molar-refractivity contribution in [3.05, 3.63) is 24.0 Å². The van der Waals surface area contributed by atoms with Gasteiger partial charge in [-0.25, -0.2) is 0 Å². The van der Waals surface area contributed by atoms with E-state index in [1.54, 1.807) is 12.3 Å². The van der Waals surface area contributed by atoms with Crippen LogP contribution >= 0.6 is 0 Å². The summed E-state index contributed by atoms with van der Waals surface area (Å²) in [6, 6.07) is 3.35. The number of rotatable bonds is 5. The van der Waals surface area contributed by atoms with E-state index in [9.17, 15) is 4.79 Å². The predicted molar refractivity (Wildman–Crippen MR) is 77.0 cm³/mol. The van der Waals surface area contributed by atoms with E-state index in [1.807, 2.05) is 13.0 Å². The van der Waals surface area contributed by atoms with Gasteiger partial charge in [0.2, 0.25) is 5.91 Å². The van der Waals surface area contributed by atoms with Crippen LogP contribution in [0.2, 0.25) is 0 Å². The highest BCUT2D eigenvalue weighted by atomic mass is 16.5. The van der Waals surface area contributed by atoms with Crippen LogP contribution in [-0.4, -0.2) is 48.1 Å². The van der Waals surface area contributed by atoms with Gasteiger partial charge in [-0.15, -0.1) is 0 Å². The topological polar surface area (TPSA) is 80.5 Å². The van der Waals surface area contributed by atoms with E-state index >= 15 is 0 Å². The van der Waals surface area contributed by atoms with Gasteiger partial charge in [0.15, 0.2) is 0 Å². The highest BCUT2D eigenvalue weighted by Gasteiger charge is 2.29. The molecule has 0 radical (unpaired) electrons. The second-order valence-corrected chi connectivity index (χ2v) is 4.93. The molecule has 6 heteroatoms. The molecule has 1 aromatic rings. The Kier molecular flexibility index (Phi) is 5.31. The molecule has 2 heterocycles. The first-order valence-electron chi connectivity index (χ1n) is 7.00. The largest absolute Gasteiger partial charge is 0.399 e. The van der Waals surface area contributed by atoms with Crippen molar-refractivity contribution in [2.24, 2.45) is 0 Å². The number of carbonyl (C=O) groups excluding carboxylic acids is 1. The van der Waals surface area contributed by atoms with Crippen LogP contribution in [0, 0.1) is 0 Å². The summed E-state index contributed by atoms with van der Waals surface area (Å²) in [5.74, 6) is 0.0236. The van der Waals surface area contributed by atoms with Gasteiger partial charge in [0.25, 0.3) is 0 Å². The number of aromatic nitrogens is 1. The van der Waals surface area contributed by atoms with E-state index in [1.165, 1.54) is 0 Å². The molecule has 0 saturated carbocycles. The fourth-order valence-corrected chi connectivity index (χ4v) is 2.23. The summed E-state index contributed by atoms with van der Waals surface area (Å²) in [6.45, 7) is 5.13. The monoisotopic (exact) mass is 278 g/mol. The van der Waals surface area contributed by atoms with Crippen molar-refractivity contribution in [1.29, 1.82) is 0 Å². The van der Waals surface area contributed by atoms with Crippen LogP contribution in [0.15, 0.2) is 18.3 Å². The summed E-state index contributed by atoms with van der Waals surface area (Å²) in [6.07, 6.45) is 2.62. The summed E-state index contributed by atoms with van der Waals surface area (Å²) >= 11 is 0. The summed E-state index contributed by atoms with van der Waals surface area (Å²) in [4.78, 5) is 18.5. The van der Waals surface area contributed by atoms with Crippen LogP contribution in [0.1, 0.15) is 19.0 Å². The summed E-state index contributed by atoms with van der Waals surface area (Å²) in [5, 5.41) is 2.92. The first kappa shape index (κ1) is 14.7. The van der Waals surface area contributed by atoms with E-state index in [4.69, 9.17) is 10.5 Å². The molecule has 1 saturated heterocycles. The summed E-state index contributed by atoms with van der Waals surface area (Å²) in [7, 11) is 0. The number of morpholine rings is 1. The molecule has 1 aromatic heterocycles. The molecule has 6 nitrogen and oxygen atoms in total. The average Bonchev–Trinajstić information content (AvgIpc) is 2.45. The number of pyridine rings is 1. The molecule has 0 spiro atoms. The minimum atomic E-state index is -0.251. The van der Waals surface area contributed by atoms with Gasteiger partial charge in [0, 0.05) is 31.5 Å². The molecule has 0 aromatic carbocycles. The zero-order valence-corrected chi connectivity index (χ0v) is 11.8. The first-order chi connectivity index (χ1) is 9.70. The second kappa shape index (κ2) is 7.21. The van der Waals surface area contributed by atoms with Gasteiger partial charge in [-0.2, -0.15) is 0 Å². The minimum absolute atomic E-state index is 0.0236. The molecular weight excluding hydrogens is 256 g/mol. The third-order valence-electron chi connectivity index (χ3n) is 3.30. The zero-order valence-electron chi connectivity index (χ0n) is 11.8. The van der Waals surface area contributed by atoms with Crippen LogP contribution in [0.3, 0.4) is 0 Å². The second-order valence-electron chi connectivity index (χ2n) is 4.93. The van der Waals surface area contributed by atoms with Gasteiger partial charge >= 0.3 is 0 Å². The first-order valence-corrected chi connectivity index (χ1v) is 7.00. The molecule has 1 aliphatic rings. The van der Waals surface area contributed by atoms with Gasteiger partial charge in [0.1, 0.15) is 6.04 Å². The molecular formula is C14H22N4O2. The highest BCUT2D eigenvalue weighted by Crippen LogP contribution is 2.13. The lowest BCUT2D eigenvalue weighted by Crippen LogP contribution is -2.53. The molecule has 110 valence electrons. The summed E-state index contributed by atoms with van der Waals surface area (Å²) < 4.78 is 5.43. The predicted octanol–water partition coefficient (Wildman–Crippen LogP) is 0.391. The number of ether oxygens (including phenoxy) is 1. The highest BCUT2D eigenvalue weighted by molar-refractivity contribution is 5.82. The standard InChI is InChI=1S/C14H22N4O2/c1-2-4-17-14(19)13-10-20-7-6-18(13)9-12-8-11(15)3-5-16-12/h3,5,8,13H,2,4,6-7,9-10H2,1H3,(H2,15,16)(H,17,19). The quantitative estimate of drug-likeness (QED) is 0.814. The van der Waals surface area contributed by atoms with Crippen LogP contribution in [0.4, 0.5) is 5.69 Å². The molecule has 1 amide bonds. The fourth-order valence-electron chi connectivity index (χ4n) is 2.23. The van der Waals surface area contributed by atoms with Crippen molar-refractivity contribution in [2.75, 3.05) is 32.0 Å². The van der Waals surface area contributed by atoms with E-state index < -0.39 is 0 Å². The Hall–Kier alpha value is -1.66. The zero-order chi connectivity index (χ0) is 14.4. The Morgan fingerprint density at radius 2 is 2.50 bits per heavy atom. The van der Waals surface area contributed by atoms with E-state index in [0.717, 1.165) is 18.7 Å². The Bertz CT molecular complexity index is 453. The van der Waals surface area contributed by atoms with Crippen LogP contribution in [-0.2, 0) is 16.1 Å². The van der Waals surface area contributed by atoms with Crippen molar-refractivity contribution in [2.45, 2.75) is 25.9 Å². The van der Waals surface area contributed by atoms with Crippen molar-refractivity contribution < 1.29 is 9.53 Å². The fraction of sp³-hybridized carbons (Fsp3) is 0.571. The molecule has 1 atom stereocenters. The molecule has 1 fully saturated rings. The Morgan fingerprint density at radius 3 is 3.25 bits per heavy atom. The van der Waals surface area contributed by atoms with Crippen molar-refractivity contribution in [1.82, 2.24) is 15.2 Å². The van der Waals surface area contributed by atoms with E-state index in [2.05, 4.69) is 15.2 Å². The number of nitrogens with zero attached hydrogens (tertiary/aromatic N) is 2. The minimum Gasteiger partial charge on any atom is -0.399 e. The van der Waals surface area contributed by atoms with Crippen LogP contribution in [0.25, 0.3) is 0 Å². The van der Waals surface area contributed by atoms with Gasteiger partial charge in [-0.1, -0.05) is 6.92 Å². The molecule has 3 N–H and O–H groups in total. The molecule has 20 heavy (non-hydrogen) atoms. The van der Waals surface area contributed by atoms with E-state index in [0.29, 0.717) is 32.0 Å². The molecule has 0 bridgehead atoms. The third-order valence-corrected chi connectivity index (χ3v) is 3.30. The number of nitrogens with two attached hydrogens (primary N) is 1. The maximum Gasteiger partial charge on any atom is 0.239 e. The number of carbonyl (C=O) groups is 1. The van der Waals surface area contributed by atoms with Crippen LogP contribution in [0.5, 0.6) is 0 Å². The smallest absolute Gasteiger partial charge is 0.239 e. The lowest BCUT2D eigenvalue weighted by molar-refractivity contribution is -0.133. The Labute approximate surface area is 119 Å². The Morgan fingerprint density at radius 1 is 1.65 bits per heavy atom. The number of amides is 1. The van der Waals surface area contributed by atoms with Crippen molar-refractivity contribution in [3.8, 4) is 0 Å². The van der Waals surface area contributed by atoms with Gasteiger partial charge in [-0.3, -0.25) is 14.7 Å². The molecule has 1 unspecified atom stereocenters. The molecule has 0 aliphatic carbocycles. The number of hydrogen-bond acceptors (Lipinski definition) is 5. The summed E-state index contributed by atoms with van der Waals surface area (Å²) in [5.41, 5.74) is 7.33. The number of nitrogens with one attached hydrogen (secondary N) is 1. The number of hydrogen-bond donors (Lipinski definition) is 2. The van der Waals surface area contributed by atoms with Crippen molar-refractivity contribution in [3.63, 3.8) is 0 Å². The number of anilines is 1. The van der Waals surface area contributed by atoms with Gasteiger partial charge < -0.3 is 15.8 Å². The van der Waals surface area contributed by atoms with Crippen molar-refractivity contribution >= 4 is 11.6 Å². The maximum absolute atomic E-state index is 12.1. The van der Waals surface area contributed by atoms with Crippen LogP contribution < -0.4 is 11.1 Å². The molecule has 1 aliphatic heterocycles. The van der Waals surface area contributed by atoms with Gasteiger partial charge in [0.05, 0.1) is 18.9 Å². The van der Waals surface area contributed by atoms with E-state index in [-0.39, 0.29) is 11.9 Å². The normalized spacial score (nSPS) is 19.8. The van der Waals surface area contributed by atoms with Gasteiger partial charge in [-0.05, 0) is 18.6 Å². The maximum atomic E-state index is 12.1. The third kappa shape index (κ3) is 3.91. The lowest BCUT2D eigenvalue weighted by Gasteiger charge is -2.34. The molecule has 2 rings (SSSR count). The Balaban J connectivity index is 2.01. The number of nitrogen functional groups attached to an aromatic ring is 1.